The normalized spacial score (nSPS) is 13.1. The maximum absolute atomic E-state index is 12.6. The van der Waals surface area contributed by atoms with Crippen molar-refractivity contribution in [2.75, 3.05) is 20.1 Å². The summed E-state index contributed by atoms with van der Waals surface area (Å²) in [5.41, 5.74) is 0.585. The van der Waals surface area contributed by atoms with Crippen molar-refractivity contribution >= 4 is 10.0 Å². The van der Waals surface area contributed by atoms with Gasteiger partial charge in [0, 0.05) is 25.7 Å². The molecule has 20 heavy (non-hydrogen) atoms. The SMILES string of the molecule is CCCNCc1cn[nH]c1S(=O)(=O)N(C)CC(C)(C)C. The standard InChI is InChI=1S/C13H26N4O2S/c1-6-7-14-8-11-9-15-16-12(11)20(18,19)17(5)10-13(2,3)4/h9,14H,6-8,10H2,1-5H3,(H,15,16). The van der Waals surface area contributed by atoms with Crippen LogP contribution in [0.3, 0.4) is 0 Å². The lowest BCUT2D eigenvalue weighted by atomic mass is 9.97. The number of rotatable bonds is 7. The number of H-pyrrole nitrogens is 1. The summed E-state index contributed by atoms with van der Waals surface area (Å²) in [6.45, 7) is 9.90. The zero-order chi connectivity index (χ0) is 15.4. The Morgan fingerprint density at radius 1 is 1.40 bits per heavy atom. The Labute approximate surface area is 122 Å². The number of aromatic amines is 1. The molecule has 0 bridgehead atoms. The summed E-state index contributed by atoms with van der Waals surface area (Å²) in [5, 5.41) is 9.88. The highest BCUT2D eigenvalue weighted by molar-refractivity contribution is 7.89. The molecule has 1 aromatic heterocycles. The highest BCUT2D eigenvalue weighted by Gasteiger charge is 2.28. The van der Waals surface area contributed by atoms with E-state index in [2.05, 4.69) is 22.4 Å². The highest BCUT2D eigenvalue weighted by atomic mass is 32.2. The van der Waals surface area contributed by atoms with Gasteiger partial charge >= 0.3 is 0 Å². The fourth-order valence-corrected chi connectivity index (χ4v) is 3.45. The minimum atomic E-state index is -3.52. The second kappa shape index (κ2) is 6.69. The molecule has 1 aromatic rings. The monoisotopic (exact) mass is 302 g/mol. The van der Waals surface area contributed by atoms with Crippen LogP contribution in [-0.4, -0.2) is 43.1 Å². The largest absolute Gasteiger partial charge is 0.313 e. The van der Waals surface area contributed by atoms with Crippen molar-refractivity contribution in [3.05, 3.63) is 11.8 Å². The third-order valence-electron chi connectivity index (χ3n) is 2.79. The molecule has 0 aromatic carbocycles. The first-order valence-corrected chi connectivity index (χ1v) is 8.32. The van der Waals surface area contributed by atoms with Crippen LogP contribution in [0, 0.1) is 5.41 Å². The molecule has 0 saturated carbocycles. The summed E-state index contributed by atoms with van der Waals surface area (Å²) < 4.78 is 26.5. The Hall–Kier alpha value is -0.920. The minimum absolute atomic E-state index is 0.0948. The first kappa shape index (κ1) is 17.1. The third-order valence-corrected chi connectivity index (χ3v) is 4.60. The number of nitrogens with one attached hydrogen (secondary N) is 2. The van der Waals surface area contributed by atoms with Crippen molar-refractivity contribution in [2.24, 2.45) is 5.41 Å². The summed E-state index contributed by atoms with van der Waals surface area (Å²) in [6.07, 6.45) is 2.57. The van der Waals surface area contributed by atoms with E-state index in [0.29, 0.717) is 18.7 Å². The van der Waals surface area contributed by atoms with Crippen LogP contribution < -0.4 is 5.32 Å². The van der Waals surface area contributed by atoms with Crippen molar-refractivity contribution < 1.29 is 8.42 Å². The van der Waals surface area contributed by atoms with Crippen LogP contribution in [-0.2, 0) is 16.6 Å². The van der Waals surface area contributed by atoms with Crippen molar-refractivity contribution in [1.29, 1.82) is 0 Å². The predicted octanol–water partition coefficient (Wildman–Crippen LogP) is 1.58. The molecule has 0 saturated heterocycles. The van der Waals surface area contributed by atoms with Gasteiger partial charge in [0.05, 0.1) is 6.20 Å². The van der Waals surface area contributed by atoms with E-state index < -0.39 is 10.0 Å². The van der Waals surface area contributed by atoms with Gasteiger partial charge in [-0.1, -0.05) is 27.7 Å². The molecule has 6 nitrogen and oxygen atoms in total. The van der Waals surface area contributed by atoms with Crippen LogP contribution >= 0.6 is 0 Å². The van der Waals surface area contributed by atoms with E-state index in [1.54, 1.807) is 13.2 Å². The molecule has 1 rings (SSSR count). The van der Waals surface area contributed by atoms with Crippen molar-refractivity contribution in [2.45, 2.75) is 45.7 Å². The number of sulfonamides is 1. The van der Waals surface area contributed by atoms with E-state index in [9.17, 15) is 8.42 Å². The molecule has 0 radical (unpaired) electrons. The smallest absolute Gasteiger partial charge is 0.260 e. The first-order chi connectivity index (χ1) is 9.18. The molecule has 1 heterocycles. The molecular formula is C13H26N4O2S. The number of nitrogens with zero attached hydrogens (tertiary/aromatic N) is 2. The summed E-state index contributed by atoms with van der Waals surface area (Å²) >= 11 is 0. The van der Waals surface area contributed by atoms with Gasteiger partial charge in [-0.05, 0) is 18.4 Å². The molecule has 7 heteroatoms. The summed E-state index contributed by atoms with van der Waals surface area (Å²) in [5.74, 6) is 0. The Balaban J connectivity index is 2.90. The molecule has 0 atom stereocenters. The van der Waals surface area contributed by atoms with Crippen LogP contribution in [0.2, 0.25) is 0 Å². The van der Waals surface area contributed by atoms with Crippen LogP contribution in [0.4, 0.5) is 0 Å². The summed E-state index contributed by atoms with van der Waals surface area (Å²) in [4.78, 5) is 0. The molecule has 0 spiro atoms. The second-order valence-electron chi connectivity index (χ2n) is 6.22. The van der Waals surface area contributed by atoms with Crippen LogP contribution in [0.1, 0.15) is 39.7 Å². The van der Waals surface area contributed by atoms with Gasteiger partial charge in [0.25, 0.3) is 10.0 Å². The maximum Gasteiger partial charge on any atom is 0.260 e. The zero-order valence-electron chi connectivity index (χ0n) is 13.0. The molecule has 2 N–H and O–H groups in total. The summed E-state index contributed by atoms with van der Waals surface area (Å²) in [6, 6.07) is 0. The van der Waals surface area contributed by atoms with E-state index in [1.807, 2.05) is 20.8 Å². The van der Waals surface area contributed by atoms with E-state index in [-0.39, 0.29) is 10.4 Å². The van der Waals surface area contributed by atoms with E-state index in [0.717, 1.165) is 13.0 Å². The second-order valence-corrected chi connectivity index (χ2v) is 8.20. The maximum atomic E-state index is 12.6. The van der Waals surface area contributed by atoms with E-state index >= 15 is 0 Å². The lowest BCUT2D eigenvalue weighted by Gasteiger charge is -2.25. The summed E-state index contributed by atoms with van der Waals surface area (Å²) in [7, 11) is -1.92. The number of hydrogen-bond donors (Lipinski definition) is 2. The molecular weight excluding hydrogens is 276 g/mol. The average Bonchev–Trinajstić information content (AvgIpc) is 2.76. The fourth-order valence-electron chi connectivity index (χ4n) is 1.96. The van der Waals surface area contributed by atoms with Crippen molar-refractivity contribution in [1.82, 2.24) is 19.8 Å². The molecule has 116 valence electrons. The minimum Gasteiger partial charge on any atom is -0.313 e. The van der Waals surface area contributed by atoms with Crippen LogP contribution in [0.15, 0.2) is 11.2 Å². The topological polar surface area (TPSA) is 78.1 Å². The molecule has 0 aliphatic carbocycles. The van der Waals surface area contributed by atoms with Gasteiger partial charge in [-0.2, -0.15) is 9.40 Å². The van der Waals surface area contributed by atoms with Gasteiger partial charge in [-0.3, -0.25) is 5.10 Å². The third kappa shape index (κ3) is 4.57. The van der Waals surface area contributed by atoms with Crippen molar-refractivity contribution in [3.63, 3.8) is 0 Å². The van der Waals surface area contributed by atoms with Gasteiger partial charge < -0.3 is 5.32 Å². The highest BCUT2D eigenvalue weighted by Crippen LogP contribution is 2.21. The van der Waals surface area contributed by atoms with E-state index in [4.69, 9.17) is 0 Å². The molecule has 0 aliphatic heterocycles. The quantitative estimate of drug-likeness (QED) is 0.750. The molecule has 0 amide bonds. The van der Waals surface area contributed by atoms with Crippen LogP contribution in [0.5, 0.6) is 0 Å². The Bertz CT molecular complexity index is 517. The van der Waals surface area contributed by atoms with Crippen molar-refractivity contribution in [3.8, 4) is 0 Å². The Morgan fingerprint density at radius 3 is 2.60 bits per heavy atom. The number of hydrogen-bond acceptors (Lipinski definition) is 4. The van der Waals surface area contributed by atoms with Gasteiger partial charge in [0.15, 0.2) is 5.03 Å². The lowest BCUT2D eigenvalue weighted by Crippen LogP contribution is -2.35. The Kier molecular flexibility index (Phi) is 5.73. The van der Waals surface area contributed by atoms with Crippen LogP contribution in [0.25, 0.3) is 0 Å². The number of aromatic nitrogens is 2. The molecule has 0 aliphatic rings. The fraction of sp³-hybridized carbons (Fsp3) is 0.769. The first-order valence-electron chi connectivity index (χ1n) is 6.88. The zero-order valence-corrected chi connectivity index (χ0v) is 13.8. The van der Waals surface area contributed by atoms with Gasteiger partial charge in [0.2, 0.25) is 0 Å². The van der Waals surface area contributed by atoms with Gasteiger partial charge in [0.1, 0.15) is 0 Å². The molecule has 0 unspecified atom stereocenters. The van der Waals surface area contributed by atoms with Gasteiger partial charge in [-0.25, -0.2) is 8.42 Å². The lowest BCUT2D eigenvalue weighted by molar-refractivity contribution is 0.310. The average molecular weight is 302 g/mol. The van der Waals surface area contributed by atoms with Gasteiger partial charge in [-0.15, -0.1) is 0 Å². The van der Waals surface area contributed by atoms with E-state index in [1.165, 1.54) is 4.31 Å². The molecule has 0 fully saturated rings. The Morgan fingerprint density at radius 2 is 2.05 bits per heavy atom. The predicted molar refractivity (Wildman–Crippen MR) is 79.9 cm³/mol.